The van der Waals surface area contributed by atoms with E-state index in [2.05, 4.69) is 6.92 Å². The van der Waals surface area contributed by atoms with Crippen molar-refractivity contribution in [3.63, 3.8) is 0 Å². The third-order valence-electron chi connectivity index (χ3n) is 3.97. The molecule has 1 atom stereocenters. The lowest BCUT2D eigenvalue weighted by atomic mass is 10.0. The second-order valence-corrected chi connectivity index (χ2v) is 6.31. The van der Waals surface area contributed by atoms with Crippen LogP contribution in [0.3, 0.4) is 0 Å². The van der Waals surface area contributed by atoms with Crippen LogP contribution < -0.4 is 0 Å². The first-order valence-corrected chi connectivity index (χ1v) is 9.77. The molecular weight excluding hydrogens is 264 g/mol. The van der Waals surface area contributed by atoms with Crippen molar-refractivity contribution in [1.29, 1.82) is 0 Å². The topological polar surface area (TPSA) is 18.5 Å². The third-order valence-corrected chi connectivity index (χ3v) is 4.64. The summed E-state index contributed by atoms with van der Waals surface area (Å²) in [6.07, 6.45) is 17.0. The molecule has 0 aliphatic carbocycles. The number of ether oxygens (including phenoxy) is 1. The van der Waals surface area contributed by atoms with Gasteiger partial charge in [-0.25, -0.2) is 0 Å². The van der Waals surface area contributed by atoms with Crippen molar-refractivity contribution < 1.29 is 9.16 Å². The molecule has 1 unspecified atom stereocenters. The zero-order valence-corrected chi connectivity index (χ0v) is 16.3. The highest BCUT2D eigenvalue weighted by atomic mass is 28.2. The maximum atomic E-state index is 5.56. The smallest absolute Gasteiger partial charge is 0.146 e. The van der Waals surface area contributed by atoms with E-state index in [0.717, 1.165) is 23.7 Å². The Hall–Kier alpha value is 0.137. The SMILES string of the molecule is CCCCCCCCCCCCCC(COCC)O[SiH3]. The summed E-state index contributed by atoms with van der Waals surface area (Å²) in [4.78, 5) is 0. The molecule has 0 N–H and O–H groups in total. The highest BCUT2D eigenvalue weighted by molar-refractivity contribution is 5.98. The molecule has 0 radical (unpaired) electrons. The van der Waals surface area contributed by atoms with Crippen LogP contribution in [0.1, 0.15) is 90.9 Å². The quantitative estimate of drug-likeness (QED) is 0.311. The standard InChI is InChI=1S/C17H38O2Si/c1-3-5-6-7-8-9-10-11-12-13-14-15-17(19-20)16-18-4-2/h17H,3-16H2,1-2,20H3. The van der Waals surface area contributed by atoms with Gasteiger partial charge in [0.05, 0.1) is 12.7 Å². The van der Waals surface area contributed by atoms with Gasteiger partial charge in [-0.3, -0.25) is 0 Å². The largest absolute Gasteiger partial charge is 0.423 e. The van der Waals surface area contributed by atoms with Crippen LogP contribution in [0.25, 0.3) is 0 Å². The molecule has 0 rings (SSSR count). The van der Waals surface area contributed by atoms with Gasteiger partial charge in [-0.15, -0.1) is 0 Å². The Balaban J connectivity index is 3.15. The van der Waals surface area contributed by atoms with Gasteiger partial charge in [0.15, 0.2) is 0 Å². The van der Waals surface area contributed by atoms with Crippen molar-refractivity contribution in [3.05, 3.63) is 0 Å². The van der Waals surface area contributed by atoms with Crippen LogP contribution >= 0.6 is 0 Å². The first-order chi connectivity index (χ1) is 9.85. The van der Waals surface area contributed by atoms with Gasteiger partial charge in [0.25, 0.3) is 0 Å². The van der Waals surface area contributed by atoms with Gasteiger partial charge in [-0.1, -0.05) is 77.6 Å². The molecule has 0 saturated heterocycles. The predicted octanol–water partition coefficient (Wildman–Crippen LogP) is 4.39. The van der Waals surface area contributed by atoms with Crippen molar-refractivity contribution in [1.82, 2.24) is 0 Å². The Kier molecular flexibility index (Phi) is 17.3. The Bertz CT molecular complexity index is 176. The fraction of sp³-hybridized carbons (Fsp3) is 1.00. The normalized spacial score (nSPS) is 12.9. The van der Waals surface area contributed by atoms with E-state index in [1.165, 1.54) is 77.0 Å². The summed E-state index contributed by atoms with van der Waals surface area (Å²) in [6.45, 7) is 5.93. The first kappa shape index (κ1) is 20.1. The van der Waals surface area contributed by atoms with Gasteiger partial charge in [-0.2, -0.15) is 0 Å². The first-order valence-electron chi connectivity index (χ1n) is 8.95. The molecule has 0 saturated carbocycles. The molecule has 0 spiro atoms. The summed E-state index contributed by atoms with van der Waals surface area (Å²) < 4.78 is 11.0. The molecule has 0 fully saturated rings. The van der Waals surface area contributed by atoms with E-state index in [4.69, 9.17) is 9.16 Å². The Morgan fingerprint density at radius 1 is 0.750 bits per heavy atom. The molecule has 0 aliphatic rings. The van der Waals surface area contributed by atoms with Crippen LogP contribution in [-0.2, 0) is 9.16 Å². The molecule has 3 heteroatoms. The summed E-state index contributed by atoms with van der Waals surface area (Å²) in [5.41, 5.74) is 0. The third kappa shape index (κ3) is 14.5. The van der Waals surface area contributed by atoms with Gasteiger partial charge in [-0.05, 0) is 13.3 Å². The Labute approximate surface area is 130 Å². The van der Waals surface area contributed by atoms with Gasteiger partial charge in [0.1, 0.15) is 10.5 Å². The highest BCUT2D eigenvalue weighted by Gasteiger charge is 2.05. The van der Waals surface area contributed by atoms with Crippen LogP contribution in [0.5, 0.6) is 0 Å². The molecule has 0 heterocycles. The van der Waals surface area contributed by atoms with Crippen LogP contribution in [-0.4, -0.2) is 29.8 Å². The highest BCUT2D eigenvalue weighted by Crippen LogP contribution is 2.13. The number of hydrogen-bond acceptors (Lipinski definition) is 2. The lowest BCUT2D eigenvalue weighted by molar-refractivity contribution is 0.0557. The molecule has 0 aromatic heterocycles. The fourth-order valence-electron chi connectivity index (χ4n) is 2.55. The van der Waals surface area contributed by atoms with E-state index < -0.39 is 0 Å². The fourth-order valence-corrected chi connectivity index (χ4v) is 2.93. The minimum Gasteiger partial charge on any atom is -0.423 e. The van der Waals surface area contributed by atoms with Crippen molar-refractivity contribution in [2.45, 2.75) is 97.0 Å². The van der Waals surface area contributed by atoms with E-state index in [1.807, 2.05) is 6.92 Å². The lowest BCUT2D eigenvalue weighted by Gasteiger charge is -2.15. The average molecular weight is 303 g/mol. The predicted molar refractivity (Wildman–Crippen MR) is 92.4 cm³/mol. The number of rotatable bonds is 16. The molecule has 0 aromatic rings. The van der Waals surface area contributed by atoms with E-state index in [0.29, 0.717) is 6.10 Å². The van der Waals surface area contributed by atoms with Gasteiger partial charge < -0.3 is 9.16 Å². The van der Waals surface area contributed by atoms with Gasteiger partial charge >= 0.3 is 0 Å². The van der Waals surface area contributed by atoms with Crippen molar-refractivity contribution in [3.8, 4) is 0 Å². The molecule has 2 nitrogen and oxygen atoms in total. The van der Waals surface area contributed by atoms with Gasteiger partial charge in [0, 0.05) is 6.61 Å². The molecule has 0 amide bonds. The summed E-state index contributed by atoms with van der Waals surface area (Å²) in [7, 11) is 0.830. The summed E-state index contributed by atoms with van der Waals surface area (Å²) in [5, 5.41) is 0. The molecule has 122 valence electrons. The zero-order chi connectivity index (χ0) is 14.9. The van der Waals surface area contributed by atoms with Crippen LogP contribution in [0, 0.1) is 0 Å². The average Bonchev–Trinajstić information content (AvgIpc) is 2.48. The van der Waals surface area contributed by atoms with Crippen LogP contribution in [0.4, 0.5) is 0 Å². The molecule has 0 bridgehead atoms. The Morgan fingerprint density at radius 3 is 1.70 bits per heavy atom. The van der Waals surface area contributed by atoms with E-state index in [9.17, 15) is 0 Å². The zero-order valence-electron chi connectivity index (χ0n) is 14.3. The summed E-state index contributed by atoms with van der Waals surface area (Å²) in [6, 6.07) is 0. The van der Waals surface area contributed by atoms with Crippen molar-refractivity contribution in [2.24, 2.45) is 0 Å². The van der Waals surface area contributed by atoms with Crippen LogP contribution in [0.2, 0.25) is 0 Å². The summed E-state index contributed by atoms with van der Waals surface area (Å²) >= 11 is 0. The van der Waals surface area contributed by atoms with Crippen molar-refractivity contribution in [2.75, 3.05) is 13.2 Å². The van der Waals surface area contributed by atoms with Gasteiger partial charge in [0.2, 0.25) is 0 Å². The second-order valence-electron chi connectivity index (χ2n) is 5.84. The maximum absolute atomic E-state index is 5.56. The second kappa shape index (κ2) is 17.2. The van der Waals surface area contributed by atoms with Crippen LogP contribution in [0.15, 0.2) is 0 Å². The molecule has 0 aliphatic heterocycles. The molecular formula is C17H38O2Si. The maximum Gasteiger partial charge on any atom is 0.146 e. The Morgan fingerprint density at radius 2 is 1.25 bits per heavy atom. The van der Waals surface area contributed by atoms with E-state index >= 15 is 0 Å². The lowest BCUT2D eigenvalue weighted by Crippen LogP contribution is -2.18. The summed E-state index contributed by atoms with van der Waals surface area (Å²) in [5.74, 6) is 0. The minimum absolute atomic E-state index is 0.361. The number of hydrogen-bond donors (Lipinski definition) is 0. The van der Waals surface area contributed by atoms with E-state index in [1.54, 1.807) is 0 Å². The minimum atomic E-state index is 0.361. The molecule has 0 aromatic carbocycles. The monoisotopic (exact) mass is 302 g/mol. The molecule has 20 heavy (non-hydrogen) atoms. The van der Waals surface area contributed by atoms with E-state index in [-0.39, 0.29) is 0 Å². The van der Waals surface area contributed by atoms with Crippen molar-refractivity contribution >= 4 is 10.5 Å². The number of unbranched alkanes of at least 4 members (excludes halogenated alkanes) is 10.